The van der Waals surface area contributed by atoms with Crippen LogP contribution in [0.15, 0.2) is 70.5 Å². The number of aliphatic hydroxyl groups excluding tert-OH is 1. The third kappa shape index (κ3) is 4.90. The molecule has 0 bridgehead atoms. The lowest BCUT2D eigenvalue weighted by Crippen LogP contribution is -2.49. The van der Waals surface area contributed by atoms with Crippen LogP contribution in [0.4, 0.5) is 0 Å². The molecule has 8 heteroatoms. The highest BCUT2D eigenvalue weighted by molar-refractivity contribution is 8.03. The molecule has 1 saturated heterocycles. The minimum absolute atomic E-state index is 0.113. The normalized spacial score (nSPS) is 23.7. The van der Waals surface area contributed by atoms with Crippen molar-refractivity contribution in [1.82, 2.24) is 14.4 Å². The molecule has 2 unspecified atom stereocenters. The Labute approximate surface area is 215 Å². The fourth-order valence-electron chi connectivity index (χ4n) is 5.32. The molecule has 1 N–H and O–H groups in total. The summed E-state index contributed by atoms with van der Waals surface area (Å²) in [4.78, 5) is 29.3. The molecule has 190 valence electrons. The Kier molecular flexibility index (Phi) is 7.37. The number of carbonyl (C=O) groups is 1. The number of piperazine rings is 1. The van der Waals surface area contributed by atoms with E-state index in [0.717, 1.165) is 55.5 Å². The first-order valence-electron chi connectivity index (χ1n) is 12.6. The van der Waals surface area contributed by atoms with Crippen molar-refractivity contribution in [3.63, 3.8) is 0 Å². The van der Waals surface area contributed by atoms with Crippen LogP contribution in [0.1, 0.15) is 24.6 Å². The Morgan fingerprint density at radius 2 is 1.97 bits per heavy atom. The second-order valence-electron chi connectivity index (χ2n) is 9.74. The lowest BCUT2D eigenvalue weighted by molar-refractivity contribution is 0.0820. The van der Waals surface area contributed by atoms with E-state index < -0.39 is 18.1 Å². The predicted octanol–water partition coefficient (Wildman–Crippen LogP) is 3.50. The van der Waals surface area contributed by atoms with Crippen molar-refractivity contribution in [2.24, 2.45) is 5.41 Å². The summed E-state index contributed by atoms with van der Waals surface area (Å²) in [5.41, 5.74) is 1.56. The van der Waals surface area contributed by atoms with Gasteiger partial charge < -0.3 is 14.7 Å². The van der Waals surface area contributed by atoms with E-state index in [2.05, 4.69) is 46.4 Å². The van der Waals surface area contributed by atoms with Gasteiger partial charge in [-0.15, -0.1) is 11.8 Å². The number of ether oxygens (including phenoxy) is 1. The molecule has 1 aromatic heterocycles. The van der Waals surface area contributed by atoms with Gasteiger partial charge in [0.25, 0.3) is 11.5 Å². The molecule has 1 fully saturated rings. The summed E-state index contributed by atoms with van der Waals surface area (Å²) in [5, 5.41) is 12.7. The van der Waals surface area contributed by atoms with Crippen LogP contribution in [0, 0.1) is 5.41 Å². The molecule has 1 aromatic carbocycles. The summed E-state index contributed by atoms with van der Waals surface area (Å²) >= 11 is 1.91. The highest BCUT2D eigenvalue weighted by atomic mass is 32.2. The number of unbranched alkanes of at least 4 members (excludes halogenated alkanes) is 1. The summed E-state index contributed by atoms with van der Waals surface area (Å²) < 4.78 is 6.92. The minimum Gasteiger partial charge on any atom is -0.494 e. The molecule has 7 nitrogen and oxygen atoms in total. The Bertz CT molecular complexity index is 1280. The topological polar surface area (TPSA) is 75.0 Å². The Morgan fingerprint density at radius 1 is 1.17 bits per heavy atom. The van der Waals surface area contributed by atoms with Crippen molar-refractivity contribution < 1.29 is 14.6 Å². The van der Waals surface area contributed by atoms with Crippen LogP contribution in [0.2, 0.25) is 0 Å². The highest BCUT2D eigenvalue weighted by Gasteiger charge is 2.41. The van der Waals surface area contributed by atoms with E-state index in [4.69, 9.17) is 4.74 Å². The van der Waals surface area contributed by atoms with Crippen LogP contribution in [0.25, 0.3) is 10.9 Å². The second-order valence-corrected chi connectivity index (χ2v) is 10.8. The van der Waals surface area contributed by atoms with Gasteiger partial charge in [0.05, 0.1) is 12.1 Å². The molecule has 2 aromatic rings. The first-order chi connectivity index (χ1) is 17.5. The van der Waals surface area contributed by atoms with Gasteiger partial charge in [0.1, 0.15) is 12.4 Å². The average molecular weight is 508 g/mol. The number of carbonyl (C=O) groups excluding carboxylic acids is 1. The quantitative estimate of drug-likeness (QED) is 0.548. The van der Waals surface area contributed by atoms with E-state index in [1.54, 1.807) is 12.1 Å². The van der Waals surface area contributed by atoms with Gasteiger partial charge in [-0.1, -0.05) is 18.2 Å². The standard InChI is InChI=1S/C28H33N3O4S/c1-28-11-18-36-25(28)6-4-5-24(28)30-15-13-29(14-16-30)12-2-3-17-35-22-9-7-21-8-10-26(33)31(23(21)19-22)27(34)20-32/h4-11,18-19,25,32H,2-3,12-17,20H2,1H3. The molecule has 2 aliphatic heterocycles. The molecule has 0 spiro atoms. The zero-order chi connectivity index (χ0) is 25.1. The monoisotopic (exact) mass is 507 g/mol. The summed E-state index contributed by atoms with van der Waals surface area (Å²) in [6.45, 7) is 7.51. The number of fused-ring (bicyclic) bond motifs is 2. The van der Waals surface area contributed by atoms with Gasteiger partial charge in [0, 0.05) is 54.7 Å². The fourth-order valence-corrected chi connectivity index (χ4v) is 6.52. The summed E-state index contributed by atoms with van der Waals surface area (Å²) in [6.07, 6.45) is 11.2. The lowest BCUT2D eigenvalue weighted by atomic mass is 9.79. The van der Waals surface area contributed by atoms with Crippen molar-refractivity contribution in [3.05, 3.63) is 76.1 Å². The number of aliphatic hydroxyl groups is 1. The van der Waals surface area contributed by atoms with Crippen molar-refractivity contribution in [3.8, 4) is 5.75 Å². The Hall–Kier alpha value is -2.81. The van der Waals surface area contributed by atoms with Crippen LogP contribution in [0.3, 0.4) is 0 Å². The molecule has 0 saturated carbocycles. The molecule has 2 atom stereocenters. The van der Waals surface area contributed by atoms with Crippen molar-refractivity contribution in [2.75, 3.05) is 45.9 Å². The van der Waals surface area contributed by atoms with E-state index in [0.29, 0.717) is 23.1 Å². The summed E-state index contributed by atoms with van der Waals surface area (Å²) in [7, 11) is 0. The maximum atomic E-state index is 12.1. The zero-order valence-corrected chi connectivity index (χ0v) is 21.5. The largest absolute Gasteiger partial charge is 0.494 e. The molecule has 5 rings (SSSR count). The highest BCUT2D eigenvalue weighted by Crippen LogP contribution is 2.49. The first kappa shape index (κ1) is 24.9. The molecule has 0 amide bonds. The lowest BCUT2D eigenvalue weighted by Gasteiger charge is -2.44. The minimum atomic E-state index is -0.719. The van der Waals surface area contributed by atoms with Gasteiger partial charge >= 0.3 is 0 Å². The smallest absolute Gasteiger partial charge is 0.259 e. The maximum absolute atomic E-state index is 12.1. The first-order valence-corrected chi connectivity index (χ1v) is 13.6. The summed E-state index contributed by atoms with van der Waals surface area (Å²) in [5.74, 6) is -0.0338. The Morgan fingerprint density at radius 3 is 2.78 bits per heavy atom. The van der Waals surface area contributed by atoms with Gasteiger partial charge in [0.15, 0.2) is 0 Å². The average Bonchev–Trinajstić information content (AvgIpc) is 3.29. The predicted molar refractivity (Wildman–Crippen MR) is 145 cm³/mol. The van der Waals surface area contributed by atoms with E-state index in [-0.39, 0.29) is 5.41 Å². The van der Waals surface area contributed by atoms with Crippen molar-refractivity contribution in [2.45, 2.75) is 25.0 Å². The number of aromatic nitrogens is 1. The number of allylic oxidation sites excluding steroid dienone is 3. The molecule has 0 radical (unpaired) electrons. The van der Waals surface area contributed by atoms with Crippen molar-refractivity contribution in [1.29, 1.82) is 0 Å². The van der Waals surface area contributed by atoms with Crippen molar-refractivity contribution >= 4 is 28.6 Å². The van der Waals surface area contributed by atoms with Gasteiger partial charge in [-0.2, -0.15) is 0 Å². The van der Waals surface area contributed by atoms with E-state index in [1.807, 2.05) is 23.9 Å². The third-order valence-corrected chi connectivity index (χ3v) is 8.66. The number of rotatable bonds is 8. The van der Waals surface area contributed by atoms with Crippen LogP contribution in [-0.4, -0.2) is 76.6 Å². The zero-order valence-electron chi connectivity index (χ0n) is 20.6. The molecular weight excluding hydrogens is 474 g/mol. The van der Waals surface area contributed by atoms with Gasteiger partial charge in [-0.05, 0) is 61.4 Å². The van der Waals surface area contributed by atoms with Crippen LogP contribution < -0.4 is 10.3 Å². The summed E-state index contributed by atoms with van der Waals surface area (Å²) in [6, 6.07) is 8.37. The number of pyridine rings is 1. The number of benzene rings is 1. The number of thioether (sulfide) groups is 1. The maximum Gasteiger partial charge on any atom is 0.259 e. The molecule has 3 heterocycles. The van der Waals surface area contributed by atoms with Gasteiger partial charge in [-0.3, -0.25) is 14.5 Å². The van der Waals surface area contributed by atoms with E-state index in [9.17, 15) is 14.7 Å². The van der Waals surface area contributed by atoms with E-state index >= 15 is 0 Å². The number of hydrogen-bond donors (Lipinski definition) is 1. The fraction of sp³-hybridized carbons (Fsp3) is 0.429. The molecule has 3 aliphatic rings. The second kappa shape index (κ2) is 10.7. The van der Waals surface area contributed by atoms with Crippen LogP contribution in [0.5, 0.6) is 5.75 Å². The third-order valence-electron chi connectivity index (χ3n) is 7.43. The van der Waals surface area contributed by atoms with Gasteiger partial charge in [-0.25, -0.2) is 4.57 Å². The van der Waals surface area contributed by atoms with Gasteiger partial charge in [0.2, 0.25) is 0 Å². The number of nitrogens with zero attached hydrogens (tertiary/aromatic N) is 3. The molecule has 1 aliphatic carbocycles. The SMILES string of the molecule is CC12C=CSC1C=CC=C2N1CCN(CCCCOc2ccc3ccc(=O)n(C(=O)CO)c3c2)CC1. The van der Waals surface area contributed by atoms with Crippen LogP contribution in [-0.2, 0) is 0 Å². The molecule has 36 heavy (non-hydrogen) atoms. The molecular formula is C28H33N3O4S. The Balaban J connectivity index is 1.08. The van der Waals surface area contributed by atoms with E-state index in [1.165, 1.54) is 11.8 Å². The number of hydrogen-bond acceptors (Lipinski definition) is 7. The van der Waals surface area contributed by atoms with Crippen LogP contribution >= 0.6 is 11.8 Å².